The molecule has 0 spiro atoms. The normalized spacial score (nSPS) is 11.4. The lowest BCUT2D eigenvalue weighted by atomic mass is 10.3. The van der Waals surface area contributed by atoms with Crippen LogP contribution in [0.3, 0.4) is 0 Å². The van der Waals surface area contributed by atoms with Crippen molar-refractivity contribution in [3.05, 3.63) is 46.3 Å². The Morgan fingerprint density at radius 3 is 2.37 bits per heavy atom. The molecule has 0 aliphatic heterocycles. The maximum absolute atomic E-state index is 8.49. The molecule has 0 fully saturated rings. The average molecular weight is 299 g/mol. The lowest BCUT2D eigenvalue weighted by Crippen LogP contribution is -2.15. The molecule has 0 aliphatic rings. The first-order valence-corrected chi connectivity index (χ1v) is 5.78. The molecule has 19 heavy (non-hydrogen) atoms. The second-order valence-electron chi connectivity index (χ2n) is 3.43. The number of ether oxygens (including phenoxy) is 1. The molecule has 0 saturated heterocycles. The van der Waals surface area contributed by atoms with E-state index in [2.05, 4.69) is 15.1 Å². The summed E-state index contributed by atoms with van der Waals surface area (Å²) in [7, 11) is 0. The minimum absolute atomic E-state index is 0.134. The van der Waals surface area contributed by atoms with E-state index in [1.165, 1.54) is 12.4 Å². The maximum atomic E-state index is 8.49. The van der Waals surface area contributed by atoms with E-state index in [1.807, 2.05) is 0 Å². The number of nitrogens with zero attached hydrogens (tertiary/aromatic N) is 3. The smallest absolute Gasteiger partial charge is 0.237 e. The number of aromatic nitrogens is 2. The summed E-state index contributed by atoms with van der Waals surface area (Å²) in [5.41, 5.74) is 5.59. The molecule has 1 aromatic carbocycles. The monoisotopic (exact) mass is 298 g/mol. The fraction of sp³-hybridized carbons (Fsp3) is 0. The number of rotatable bonds is 3. The van der Waals surface area contributed by atoms with E-state index in [0.29, 0.717) is 15.8 Å². The van der Waals surface area contributed by atoms with Gasteiger partial charge in [-0.15, -0.1) is 0 Å². The van der Waals surface area contributed by atoms with Gasteiger partial charge in [-0.1, -0.05) is 28.4 Å². The van der Waals surface area contributed by atoms with Crippen LogP contribution in [0.1, 0.15) is 5.69 Å². The van der Waals surface area contributed by atoms with Crippen LogP contribution in [0.25, 0.3) is 0 Å². The van der Waals surface area contributed by atoms with Gasteiger partial charge in [-0.3, -0.25) is 0 Å². The van der Waals surface area contributed by atoms with Crippen molar-refractivity contribution in [1.82, 2.24) is 9.97 Å². The van der Waals surface area contributed by atoms with E-state index in [9.17, 15) is 0 Å². The van der Waals surface area contributed by atoms with Crippen molar-refractivity contribution in [2.75, 3.05) is 0 Å². The van der Waals surface area contributed by atoms with Gasteiger partial charge in [0, 0.05) is 10.0 Å². The van der Waals surface area contributed by atoms with Crippen molar-refractivity contribution < 1.29 is 9.94 Å². The van der Waals surface area contributed by atoms with Crippen LogP contribution in [0, 0.1) is 0 Å². The molecule has 0 bridgehead atoms. The van der Waals surface area contributed by atoms with E-state index in [4.69, 9.17) is 38.9 Å². The number of halogens is 2. The second-order valence-corrected chi connectivity index (χ2v) is 4.31. The average Bonchev–Trinajstić information content (AvgIpc) is 2.37. The Morgan fingerprint density at radius 2 is 1.84 bits per heavy atom. The highest BCUT2D eigenvalue weighted by molar-refractivity contribution is 6.34. The molecule has 1 aromatic heterocycles. The van der Waals surface area contributed by atoms with Gasteiger partial charge in [-0.05, 0) is 18.2 Å². The van der Waals surface area contributed by atoms with Crippen molar-refractivity contribution in [1.29, 1.82) is 0 Å². The van der Waals surface area contributed by atoms with E-state index in [-0.39, 0.29) is 17.4 Å². The number of amidine groups is 1. The zero-order valence-corrected chi connectivity index (χ0v) is 10.9. The summed E-state index contributed by atoms with van der Waals surface area (Å²) >= 11 is 11.7. The summed E-state index contributed by atoms with van der Waals surface area (Å²) in [5.74, 6) is 0.529. The summed E-state index contributed by atoms with van der Waals surface area (Å²) < 4.78 is 5.42. The first-order chi connectivity index (χ1) is 9.08. The summed E-state index contributed by atoms with van der Waals surface area (Å²) in [6, 6.07) is 4.77. The van der Waals surface area contributed by atoms with E-state index in [1.54, 1.807) is 18.2 Å². The molecular weight excluding hydrogens is 291 g/mol. The molecule has 3 N–H and O–H groups in total. The molecule has 2 rings (SSSR count). The van der Waals surface area contributed by atoms with Gasteiger partial charge in [0.25, 0.3) is 0 Å². The Morgan fingerprint density at radius 1 is 1.16 bits per heavy atom. The summed E-state index contributed by atoms with van der Waals surface area (Å²) in [6.07, 6.45) is 2.65. The van der Waals surface area contributed by atoms with Crippen LogP contribution in [0.4, 0.5) is 0 Å². The molecule has 0 aliphatic carbocycles. The Kier molecular flexibility index (Phi) is 4.03. The minimum Gasteiger partial charge on any atom is -0.437 e. The van der Waals surface area contributed by atoms with Crippen LogP contribution in [0.15, 0.2) is 35.7 Å². The molecule has 98 valence electrons. The zero-order valence-electron chi connectivity index (χ0n) is 9.42. The summed E-state index contributed by atoms with van der Waals surface area (Å²) in [4.78, 5) is 7.88. The van der Waals surface area contributed by atoms with Crippen LogP contribution < -0.4 is 10.5 Å². The van der Waals surface area contributed by atoms with Crippen molar-refractivity contribution in [3.8, 4) is 11.6 Å². The van der Waals surface area contributed by atoms with Crippen molar-refractivity contribution >= 4 is 29.0 Å². The SMILES string of the molecule is NC(=NO)c1cnc(Oc2cc(Cl)cc(Cl)c2)cn1. The molecule has 8 heteroatoms. The highest BCUT2D eigenvalue weighted by Crippen LogP contribution is 2.27. The van der Waals surface area contributed by atoms with Crippen molar-refractivity contribution in [3.63, 3.8) is 0 Å². The van der Waals surface area contributed by atoms with Crippen LogP contribution in [0.5, 0.6) is 11.6 Å². The number of oxime groups is 1. The van der Waals surface area contributed by atoms with E-state index in [0.717, 1.165) is 0 Å². The molecule has 2 aromatic rings. The predicted molar refractivity (Wildman–Crippen MR) is 71.1 cm³/mol. The first-order valence-electron chi connectivity index (χ1n) is 5.02. The lowest BCUT2D eigenvalue weighted by molar-refractivity contribution is 0.318. The van der Waals surface area contributed by atoms with Gasteiger partial charge >= 0.3 is 0 Å². The van der Waals surface area contributed by atoms with Crippen molar-refractivity contribution in [2.45, 2.75) is 0 Å². The first kappa shape index (κ1) is 13.4. The number of benzene rings is 1. The highest BCUT2D eigenvalue weighted by atomic mass is 35.5. The molecule has 1 heterocycles. The van der Waals surface area contributed by atoms with E-state index < -0.39 is 0 Å². The molecule has 6 nitrogen and oxygen atoms in total. The Bertz CT molecular complexity index is 596. The minimum atomic E-state index is -0.134. The largest absolute Gasteiger partial charge is 0.437 e. The molecule has 0 atom stereocenters. The van der Waals surface area contributed by atoms with Gasteiger partial charge in [0.05, 0.1) is 12.4 Å². The van der Waals surface area contributed by atoms with E-state index >= 15 is 0 Å². The maximum Gasteiger partial charge on any atom is 0.237 e. The van der Waals surface area contributed by atoms with Gasteiger partial charge in [0.2, 0.25) is 5.88 Å². The third-order valence-corrected chi connectivity index (χ3v) is 2.49. The lowest BCUT2D eigenvalue weighted by Gasteiger charge is -2.05. The topological polar surface area (TPSA) is 93.6 Å². The van der Waals surface area contributed by atoms with Gasteiger partial charge < -0.3 is 15.7 Å². The fourth-order valence-corrected chi connectivity index (χ4v) is 1.77. The predicted octanol–water partition coefficient (Wildman–Crippen LogP) is 2.67. The standard InChI is InChI=1S/C11H8Cl2N4O2/c12-6-1-7(13)3-8(2-6)19-10-5-15-9(4-16-10)11(14)17-18/h1-5,18H,(H2,14,17). The number of hydrogen-bond donors (Lipinski definition) is 2. The third-order valence-electron chi connectivity index (χ3n) is 2.06. The van der Waals surface area contributed by atoms with Crippen molar-refractivity contribution in [2.24, 2.45) is 10.9 Å². The Labute approximate surface area is 118 Å². The van der Waals surface area contributed by atoms with Gasteiger partial charge in [0.1, 0.15) is 11.4 Å². The Balaban J connectivity index is 2.19. The Hall–Kier alpha value is -2.05. The van der Waals surface area contributed by atoms with Gasteiger partial charge in [-0.2, -0.15) is 0 Å². The van der Waals surface area contributed by atoms with Gasteiger partial charge in [0.15, 0.2) is 5.84 Å². The van der Waals surface area contributed by atoms with Crippen LogP contribution >= 0.6 is 23.2 Å². The van der Waals surface area contributed by atoms with Crippen LogP contribution in [-0.2, 0) is 0 Å². The summed E-state index contributed by atoms with van der Waals surface area (Å²) in [6.45, 7) is 0. The summed E-state index contributed by atoms with van der Waals surface area (Å²) in [5, 5.41) is 12.2. The fourth-order valence-electron chi connectivity index (χ4n) is 1.26. The molecule has 0 unspecified atom stereocenters. The third kappa shape index (κ3) is 3.46. The number of nitrogens with two attached hydrogens (primary N) is 1. The number of hydrogen-bond acceptors (Lipinski definition) is 5. The zero-order chi connectivity index (χ0) is 13.8. The van der Waals surface area contributed by atoms with Crippen LogP contribution in [-0.4, -0.2) is 21.0 Å². The molecule has 0 saturated carbocycles. The van der Waals surface area contributed by atoms with Gasteiger partial charge in [-0.25, -0.2) is 9.97 Å². The quantitative estimate of drug-likeness (QED) is 0.393. The highest BCUT2D eigenvalue weighted by Gasteiger charge is 2.05. The molecule has 0 radical (unpaired) electrons. The van der Waals surface area contributed by atoms with Crippen LogP contribution in [0.2, 0.25) is 10.0 Å². The second kappa shape index (κ2) is 5.73. The molecule has 0 amide bonds. The molecular formula is C11H8Cl2N4O2.